The Morgan fingerprint density at radius 1 is 1.07 bits per heavy atom. The molecular weight excluding hydrogens is 374 g/mol. The smallest absolute Gasteiger partial charge is 0.323 e. The first-order valence-corrected chi connectivity index (χ1v) is 9.69. The van der Waals surface area contributed by atoms with Gasteiger partial charge < -0.3 is 19.4 Å². The Balaban J connectivity index is 1.89. The van der Waals surface area contributed by atoms with Crippen LogP contribution in [0.2, 0.25) is 0 Å². The highest BCUT2D eigenvalue weighted by Crippen LogP contribution is 2.63. The lowest BCUT2D eigenvalue weighted by Crippen LogP contribution is -2.62. The Labute approximate surface area is 162 Å². The molecule has 28 heavy (non-hydrogen) atoms. The van der Waals surface area contributed by atoms with Gasteiger partial charge in [-0.3, -0.25) is 9.59 Å². The zero-order valence-electron chi connectivity index (χ0n) is 16.7. The topological polar surface area (TPSA) is 92.7 Å². The lowest BCUT2D eigenvalue weighted by molar-refractivity contribution is -0.340. The fourth-order valence-electron chi connectivity index (χ4n) is 5.98. The minimum Gasteiger partial charge on any atom is -0.544 e. The molecule has 4 fully saturated rings. The molecule has 0 aliphatic heterocycles. The number of carbonyl (C=O) groups excluding carboxylic acids is 3. The van der Waals surface area contributed by atoms with E-state index >= 15 is 0 Å². The van der Waals surface area contributed by atoms with Crippen molar-refractivity contribution in [2.24, 2.45) is 22.7 Å². The molecule has 3 atom stereocenters. The Kier molecular flexibility index (Phi) is 4.79. The van der Waals surface area contributed by atoms with E-state index in [9.17, 15) is 28.3 Å². The Bertz CT molecular complexity index is 681. The van der Waals surface area contributed by atoms with Gasteiger partial charge in [0.05, 0.1) is 5.41 Å². The molecule has 0 spiro atoms. The highest BCUT2D eigenvalue weighted by Gasteiger charge is 2.64. The van der Waals surface area contributed by atoms with Crippen LogP contribution in [-0.4, -0.2) is 35.5 Å². The number of carbonyl (C=O) groups is 3. The quantitative estimate of drug-likeness (QED) is 0.656. The Morgan fingerprint density at radius 3 is 2.04 bits per heavy atom. The molecular formula is C20H27F2O6-. The number of ether oxygens (including phenoxy) is 2. The van der Waals surface area contributed by atoms with Crippen molar-refractivity contribution in [3.63, 3.8) is 0 Å². The van der Waals surface area contributed by atoms with Gasteiger partial charge in [-0.2, -0.15) is 8.78 Å². The molecule has 4 aliphatic rings. The molecule has 4 saturated carbocycles. The molecule has 0 N–H and O–H groups in total. The fourth-order valence-corrected chi connectivity index (χ4v) is 5.98. The number of aliphatic carboxylic acids is 1. The van der Waals surface area contributed by atoms with Gasteiger partial charge in [0.1, 0.15) is 11.6 Å². The van der Waals surface area contributed by atoms with Crippen LogP contribution in [0.15, 0.2) is 0 Å². The second-order valence-electron chi connectivity index (χ2n) is 10.1. The number of halogens is 2. The van der Waals surface area contributed by atoms with Crippen molar-refractivity contribution in [2.45, 2.75) is 83.8 Å². The number of carboxylic acids is 1. The van der Waals surface area contributed by atoms with Gasteiger partial charge in [0.15, 0.2) is 6.10 Å². The molecule has 0 amide bonds. The molecule has 0 radical (unpaired) electrons. The van der Waals surface area contributed by atoms with E-state index < -0.39 is 46.4 Å². The van der Waals surface area contributed by atoms with Crippen LogP contribution in [0.4, 0.5) is 8.78 Å². The number of hydrogen-bond donors (Lipinski definition) is 0. The maximum atomic E-state index is 14.3. The van der Waals surface area contributed by atoms with Crippen LogP contribution in [0, 0.1) is 22.7 Å². The summed E-state index contributed by atoms with van der Waals surface area (Å²) in [6, 6.07) is 0. The molecule has 0 aromatic carbocycles. The van der Waals surface area contributed by atoms with E-state index in [1.807, 2.05) is 0 Å². The monoisotopic (exact) mass is 401 g/mol. The summed E-state index contributed by atoms with van der Waals surface area (Å²) in [7, 11) is 0. The van der Waals surface area contributed by atoms with Crippen molar-refractivity contribution in [3.05, 3.63) is 0 Å². The van der Waals surface area contributed by atoms with Crippen LogP contribution in [0.1, 0.15) is 66.2 Å². The minimum absolute atomic E-state index is 0.155. The van der Waals surface area contributed by atoms with Gasteiger partial charge in [0, 0.05) is 18.8 Å². The van der Waals surface area contributed by atoms with Gasteiger partial charge in [0.2, 0.25) is 0 Å². The summed E-state index contributed by atoms with van der Waals surface area (Å²) in [6.45, 7) is 5.49. The number of rotatable bonds is 5. The van der Waals surface area contributed by atoms with E-state index in [1.54, 1.807) is 0 Å². The summed E-state index contributed by atoms with van der Waals surface area (Å²) >= 11 is 0. The predicted molar refractivity (Wildman–Crippen MR) is 90.9 cm³/mol. The van der Waals surface area contributed by atoms with Gasteiger partial charge >= 0.3 is 17.9 Å². The van der Waals surface area contributed by atoms with E-state index in [4.69, 9.17) is 9.47 Å². The van der Waals surface area contributed by atoms with Crippen LogP contribution in [0.5, 0.6) is 0 Å². The van der Waals surface area contributed by atoms with Crippen LogP contribution >= 0.6 is 0 Å². The van der Waals surface area contributed by atoms with E-state index in [0.717, 1.165) is 6.42 Å². The van der Waals surface area contributed by atoms with Crippen molar-refractivity contribution in [3.8, 4) is 0 Å². The average Bonchev–Trinajstić information content (AvgIpc) is 2.48. The summed E-state index contributed by atoms with van der Waals surface area (Å²) in [6.07, 6.45) is 1.29. The summed E-state index contributed by atoms with van der Waals surface area (Å²) in [5.74, 6) is -7.82. The number of alkyl halides is 2. The second kappa shape index (κ2) is 6.39. The van der Waals surface area contributed by atoms with E-state index in [1.165, 1.54) is 27.7 Å². The highest BCUT2D eigenvalue weighted by atomic mass is 19.3. The summed E-state index contributed by atoms with van der Waals surface area (Å²) in [5.41, 5.74) is -3.09. The van der Waals surface area contributed by atoms with Crippen LogP contribution < -0.4 is 5.11 Å². The summed E-state index contributed by atoms with van der Waals surface area (Å²) < 4.78 is 39.4. The van der Waals surface area contributed by atoms with Crippen molar-refractivity contribution < 1.29 is 37.7 Å². The van der Waals surface area contributed by atoms with Gasteiger partial charge in [0.25, 0.3) is 0 Å². The molecule has 158 valence electrons. The number of hydrogen-bond acceptors (Lipinski definition) is 6. The largest absolute Gasteiger partial charge is 0.544 e. The standard InChI is InChI=1S/C20H28F2O6/c1-11(23)28-19-8-12-5-13(9-19)7-18(6-12,10-19)16(26)27-14(17(2,3)4)20(21,22)15(24)25/h12-14H,5-10H2,1-4H3,(H,24,25)/p-1. The first kappa shape index (κ1) is 21.0. The average molecular weight is 401 g/mol. The third kappa shape index (κ3) is 3.50. The van der Waals surface area contributed by atoms with Crippen molar-refractivity contribution >= 4 is 17.9 Å². The molecule has 4 bridgehead atoms. The second-order valence-corrected chi connectivity index (χ2v) is 10.1. The van der Waals surface area contributed by atoms with E-state index in [2.05, 4.69) is 0 Å². The van der Waals surface area contributed by atoms with Gasteiger partial charge in [-0.15, -0.1) is 0 Å². The van der Waals surface area contributed by atoms with E-state index in [0.29, 0.717) is 25.7 Å². The predicted octanol–water partition coefficient (Wildman–Crippen LogP) is 2.23. The molecule has 8 heteroatoms. The van der Waals surface area contributed by atoms with Crippen molar-refractivity contribution in [2.75, 3.05) is 0 Å². The third-order valence-electron chi connectivity index (χ3n) is 6.41. The van der Waals surface area contributed by atoms with Crippen molar-refractivity contribution in [1.29, 1.82) is 0 Å². The molecule has 4 aliphatic carbocycles. The minimum atomic E-state index is -4.32. The molecule has 6 nitrogen and oxygen atoms in total. The molecule has 0 aromatic rings. The highest BCUT2D eigenvalue weighted by molar-refractivity contribution is 5.80. The Morgan fingerprint density at radius 2 is 1.61 bits per heavy atom. The first-order chi connectivity index (χ1) is 12.7. The molecule has 0 heterocycles. The summed E-state index contributed by atoms with van der Waals surface area (Å²) in [4.78, 5) is 35.8. The van der Waals surface area contributed by atoms with Crippen molar-refractivity contribution in [1.82, 2.24) is 0 Å². The molecule has 0 saturated heterocycles. The SMILES string of the molecule is CC(=O)OC12CC3CC(C1)CC(C(=O)OC(C(C)(C)C)C(F)(F)C(=O)[O-])(C3)C2. The molecule has 4 rings (SSSR count). The van der Waals surface area contributed by atoms with E-state index in [-0.39, 0.29) is 18.3 Å². The lowest BCUT2D eigenvalue weighted by Gasteiger charge is -2.60. The van der Waals surface area contributed by atoms with Gasteiger partial charge in [-0.05, 0) is 43.9 Å². The zero-order valence-corrected chi connectivity index (χ0v) is 16.7. The molecule has 3 unspecified atom stereocenters. The van der Waals surface area contributed by atoms with Crippen LogP contribution in [-0.2, 0) is 23.9 Å². The van der Waals surface area contributed by atoms with Crippen LogP contribution in [0.25, 0.3) is 0 Å². The fraction of sp³-hybridized carbons (Fsp3) is 0.850. The Hall–Kier alpha value is -1.73. The first-order valence-electron chi connectivity index (χ1n) is 9.69. The van der Waals surface area contributed by atoms with Gasteiger partial charge in [-0.25, -0.2) is 0 Å². The zero-order chi connectivity index (χ0) is 21.1. The maximum absolute atomic E-state index is 14.3. The number of esters is 2. The number of carboxylic acid groups (broad SMARTS) is 1. The normalized spacial score (nSPS) is 35.4. The summed E-state index contributed by atoms with van der Waals surface area (Å²) in [5, 5.41) is 11.0. The van der Waals surface area contributed by atoms with Crippen LogP contribution in [0.3, 0.4) is 0 Å². The van der Waals surface area contributed by atoms with Gasteiger partial charge in [-0.1, -0.05) is 20.8 Å². The molecule has 0 aromatic heterocycles. The maximum Gasteiger partial charge on any atom is 0.323 e. The lowest BCUT2D eigenvalue weighted by atomic mass is 9.48. The third-order valence-corrected chi connectivity index (χ3v) is 6.41.